The standard InChI is InChI=1S/C25H19FO5/c1-15-9-23(27)30-22-12-20(7-8-21(15)22)28-13-17-10-19(26)11-18-14-29-25(31-24(17)18)16-5-3-2-4-6-16/h2-12,25H,13-14H2,1H3. The molecule has 0 N–H and O–H groups in total. The minimum Gasteiger partial charge on any atom is -0.489 e. The molecular weight excluding hydrogens is 399 g/mol. The predicted molar refractivity (Wildman–Crippen MR) is 113 cm³/mol. The maximum absolute atomic E-state index is 14.2. The maximum atomic E-state index is 14.2. The Bertz CT molecular complexity index is 1310. The molecule has 1 aromatic heterocycles. The van der Waals surface area contributed by atoms with E-state index in [1.807, 2.05) is 43.3 Å². The molecule has 1 aliphatic rings. The minimum absolute atomic E-state index is 0.0865. The van der Waals surface area contributed by atoms with Crippen LogP contribution in [0.15, 0.2) is 75.9 Å². The number of aryl methyl sites for hydroxylation is 1. The van der Waals surface area contributed by atoms with Gasteiger partial charge in [0.1, 0.15) is 29.5 Å². The lowest BCUT2D eigenvalue weighted by Gasteiger charge is -2.28. The van der Waals surface area contributed by atoms with Gasteiger partial charge in [0.15, 0.2) is 0 Å². The minimum atomic E-state index is -0.573. The van der Waals surface area contributed by atoms with E-state index in [1.165, 1.54) is 18.2 Å². The average molecular weight is 418 g/mol. The summed E-state index contributed by atoms with van der Waals surface area (Å²) in [6.45, 7) is 2.17. The van der Waals surface area contributed by atoms with Gasteiger partial charge in [-0.05, 0) is 36.8 Å². The van der Waals surface area contributed by atoms with Crippen molar-refractivity contribution in [1.82, 2.24) is 0 Å². The average Bonchev–Trinajstić information content (AvgIpc) is 2.77. The van der Waals surface area contributed by atoms with Crippen LogP contribution in [0, 0.1) is 12.7 Å². The number of rotatable bonds is 4. The van der Waals surface area contributed by atoms with Gasteiger partial charge in [-0.25, -0.2) is 9.18 Å². The lowest BCUT2D eigenvalue weighted by Crippen LogP contribution is -2.19. The largest absolute Gasteiger partial charge is 0.489 e. The molecule has 5 rings (SSSR count). The molecule has 6 heteroatoms. The van der Waals surface area contributed by atoms with Crippen LogP contribution in [0.2, 0.25) is 0 Å². The molecule has 0 spiro atoms. The van der Waals surface area contributed by atoms with Gasteiger partial charge < -0.3 is 18.6 Å². The van der Waals surface area contributed by atoms with E-state index >= 15 is 0 Å². The maximum Gasteiger partial charge on any atom is 0.336 e. The van der Waals surface area contributed by atoms with Crippen molar-refractivity contribution >= 4 is 11.0 Å². The van der Waals surface area contributed by atoms with Gasteiger partial charge in [-0.2, -0.15) is 0 Å². The van der Waals surface area contributed by atoms with E-state index in [0.717, 1.165) is 16.5 Å². The first-order chi connectivity index (χ1) is 15.1. The third kappa shape index (κ3) is 3.90. The van der Waals surface area contributed by atoms with Gasteiger partial charge in [-0.15, -0.1) is 0 Å². The predicted octanol–water partition coefficient (Wildman–Crippen LogP) is 5.43. The molecule has 0 fully saturated rings. The molecule has 0 radical (unpaired) electrons. The summed E-state index contributed by atoms with van der Waals surface area (Å²) in [6.07, 6.45) is -0.573. The molecule has 31 heavy (non-hydrogen) atoms. The lowest BCUT2D eigenvalue weighted by molar-refractivity contribution is -0.112. The molecule has 0 saturated heterocycles. The normalized spacial score (nSPS) is 15.4. The lowest BCUT2D eigenvalue weighted by atomic mass is 10.1. The summed E-state index contributed by atoms with van der Waals surface area (Å²) < 4.78 is 37.2. The number of hydrogen-bond donors (Lipinski definition) is 0. The Labute approximate surface area is 177 Å². The quantitative estimate of drug-likeness (QED) is 0.414. The Hall–Kier alpha value is -3.64. The summed E-state index contributed by atoms with van der Waals surface area (Å²) in [4.78, 5) is 11.7. The van der Waals surface area contributed by atoms with Crippen LogP contribution in [0.4, 0.5) is 4.39 Å². The van der Waals surface area contributed by atoms with Crippen molar-refractivity contribution < 1.29 is 23.0 Å². The first-order valence-corrected chi connectivity index (χ1v) is 9.88. The van der Waals surface area contributed by atoms with Crippen LogP contribution in [-0.4, -0.2) is 0 Å². The molecule has 1 atom stereocenters. The highest BCUT2D eigenvalue weighted by Crippen LogP contribution is 2.37. The summed E-state index contributed by atoms with van der Waals surface area (Å²) in [6, 6.07) is 19.1. The third-order valence-electron chi connectivity index (χ3n) is 5.21. The highest BCUT2D eigenvalue weighted by molar-refractivity contribution is 5.81. The van der Waals surface area contributed by atoms with Gasteiger partial charge in [0.05, 0.1) is 6.61 Å². The fourth-order valence-electron chi connectivity index (χ4n) is 3.71. The molecule has 5 nitrogen and oxygen atoms in total. The van der Waals surface area contributed by atoms with Crippen molar-refractivity contribution in [1.29, 1.82) is 0 Å². The van der Waals surface area contributed by atoms with Gasteiger partial charge >= 0.3 is 5.63 Å². The molecule has 0 aliphatic carbocycles. The van der Waals surface area contributed by atoms with Crippen molar-refractivity contribution in [3.8, 4) is 11.5 Å². The van der Waals surface area contributed by atoms with Crippen LogP contribution in [0.25, 0.3) is 11.0 Å². The Morgan fingerprint density at radius 2 is 1.90 bits per heavy atom. The van der Waals surface area contributed by atoms with Gasteiger partial charge in [-0.1, -0.05) is 30.3 Å². The molecule has 0 saturated carbocycles. The fourth-order valence-corrected chi connectivity index (χ4v) is 3.71. The van der Waals surface area contributed by atoms with Crippen molar-refractivity contribution in [3.05, 3.63) is 105 Å². The van der Waals surface area contributed by atoms with E-state index in [9.17, 15) is 9.18 Å². The number of halogens is 1. The Balaban J connectivity index is 1.42. The van der Waals surface area contributed by atoms with Crippen LogP contribution >= 0.6 is 0 Å². The summed E-state index contributed by atoms with van der Waals surface area (Å²) in [5, 5.41) is 0.835. The second-order valence-electron chi connectivity index (χ2n) is 7.42. The molecule has 156 valence electrons. The number of fused-ring (bicyclic) bond motifs is 2. The Morgan fingerprint density at radius 3 is 2.74 bits per heavy atom. The van der Waals surface area contributed by atoms with Crippen molar-refractivity contribution in [2.75, 3.05) is 0 Å². The van der Waals surface area contributed by atoms with Gasteiger partial charge in [0, 0.05) is 34.2 Å². The summed E-state index contributed by atoms with van der Waals surface area (Å²) in [5.74, 6) is 0.679. The number of ether oxygens (including phenoxy) is 3. The van der Waals surface area contributed by atoms with E-state index < -0.39 is 11.9 Å². The molecular formula is C25H19FO5. The van der Waals surface area contributed by atoms with Crippen LogP contribution < -0.4 is 15.1 Å². The third-order valence-corrected chi connectivity index (χ3v) is 5.21. The number of hydrogen-bond acceptors (Lipinski definition) is 5. The molecule has 1 aliphatic heterocycles. The SMILES string of the molecule is Cc1cc(=O)oc2cc(OCc3cc(F)cc4c3OC(c3ccccc3)OC4)ccc12. The van der Waals surface area contributed by atoms with Crippen molar-refractivity contribution in [3.63, 3.8) is 0 Å². The molecule has 3 aromatic carbocycles. The first kappa shape index (κ1) is 19.3. The van der Waals surface area contributed by atoms with Crippen LogP contribution in [-0.2, 0) is 18.0 Å². The zero-order valence-corrected chi connectivity index (χ0v) is 16.8. The Morgan fingerprint density at radius 1 is 1.06 bits per heavy atom. The molecule has 1 unspecified atom stereocenters. The first-order valence-electron chi connectivity index (χ1n) is 9.88. The summed E-state index contributed by atoms with van der Waals surface area (Å²) in [7, 11) is 0. The van der Waals surface area contributed by atoms with Gasteiger partial charge in [0.2, 0.25) is 6.29 Å². The fraction of sp³-hybridized carbons (Fsp3) is 0.160. The smallest absolute Gasteiger partial charge is 0.336 e. The highest BCUT2D eigenvalue weighted by atomic mass is 19.1. The molecule has 2 heterocycles. The molecule has 0 amide bonds. The monoisotopic (exact) mass is 418 g/mol. The van der Waals surface area contributed by atoms with Crippen LogP contribution in [0.5, 0.6) is 11.5 Å². The summed E-state index contributed by atoms with van der Waals surface area (Å²) >= 11 is 0. The van der Waals surface area contributed by atoms with Crippen LogP contribution in [0.3, 0.4) is 0 Å². The van der Waals surface area contributed by atoms with E-state index in [0.29, 0.717) is 28.2 Å². The van der Waals surface area contributed by atoms with E-state index in [1.54, 1.807) is 12.1 Å². The summed E-state index contributed by atoms with van der Waals surface area (Å²) in [5.41, 5.74) is 2.94. The second kappa shape index (κ2) is 7.89. The molecule has 0 bridgehead atoms. The zero-order valence-electron chi connectivity index (χ0n) is 16.8. The van der Waals surface area contributed by atoms with Crippen molar-refractivity contribution in [2.45, 2.75) is 26.4 Å². The highest BCUT2D eigenvalue weighted by Gasteiger charge is 2.25. The van der Waals surface area contributed by atoms with E-state index in [-0.39, 0.29) is 19.0 Å². The molecule has 4 aromatic rings. The Kier molecular flexibility index (Phi) is 4.92. The number of benzene rings is 3. The van der Waals surface area contributed by atoms with E-state index in [2.05, 4.69) is 0 Å². The van der Waals surface area contributed by atoms with Gasteiger partial charge in [0.25, 0.3) is 0 Å². The zero-order chi connectivity index (χ0) is 21.4. The van der Waals surface area contributed by atoms with Crippen LogP contribution in [0.1, 0.15) is 28.5 Å². The van der Waals surface area contributed by atoms with Crippen molar-refractivity contribution in [2.24, 2.45) is 0 Å². The van der Waals surface area contributed by atoms with E-state index in [4.69, 9.17) is 18.6 Å². The topological polar surface area (TPSA) is 57.9 Å². The second-order valence-corrected chi connectivity index (χ2v) is 7.42. The van der Waals surface area contributed by atoms with Gasteiger partial charge in [-0.3, -0.25) is 0 Å².